The van der Waals surface area contributed by atoms with E-state index < -0.39 is 17.7 Å². The monoisotopic (exact) mass is 420 g/mol. The van der Waals surface area contributed by atoms with Crippen molar-refractivity contribution in [1.29, 1.82) is 0 Å². The number of rotatable bonds is 5. The van der Waals surface area contributed by atoms with Crippen molar-refractivity contribution < 1.29 is 28.7 Å². The summed E-state index contributed by atoms with van der Waals surface area (Å²) in [6.07, 6.45) is 0. The number of hydrogen-bond donors (Lipinski definition) is 4. The first kappa shape index (κ1) is 20.1. The van der Waals surface area contributed by atoms with Gasteiger partial charge in [0.05, 0.1) is 16.8 Å². The van der Waals surface area contributed by atoms with E-state index >= 15 is 0 Å². The molecule has 0 aliphatic heterocycles. The number of carboxylic acid groups (broad SMARTS) is 1. The molecule has 4 rings (SSSR count). The first-order valence-electron chi connectivity index (χ1n) is 9.25. The number of furan rings is 1. The number of anilines is 1. The summed E-state index contributed by atoms with van der Waals surface area (Å²) in [5, 5.41) is 22.0. The number of fused-ring (bicyclic) bond motifs is 1. The normalized spacial score (nSPS) is 10.8. The summed E-state index contributed by atoms with van der Waals surface area (Å²) in [4.78, 5) is 24.1. The minimum Gasteiger partial charge on any atom is -0.478 e. The van der Waals surface area contributed by atoms with E-state index in [4.69, 9.17) is 4.42 Å². The van der Waals surface area contributed by atoms with E-state index in [9.17, 15) is 24.3 Å². The zero-order valence-electron chi connectivity index (χ0n) is 16.3. The number of benzene rings is 3. The first-order chi connectivity index (χ1) is 14.9. The molecule has 1 aromatic heterocycles. The highest BCUT2D eigenvalue weighted by molar-refractivity contribution is 6.12. The Balaban J connectivity index is 2.00. The quantitative estimate of drug-likeness (QED) is 0.346. The third-order valence-electron chi connectivity index (χ3n) is 4.93. The number of amides is 1. The van der Waals surface area contributed by atoms with Gasteiger partial charge in [-0.1, -0.05) is 12.1 Å². The molecule has 4 N–H and O–H groups in total. The van der Waals surface area contributed by atoms with Gasteiger partial charge in [0.1, 0.15) is 17.2 Å². The SMILES string of the molecule is CNC(=O)c1c(-c2ccc(F)cc2)oc2cc(NO)c(-c3cccc(C(=O)O)c3)cc12. The molecule has 0 spiro atoms. The molecule has 8 heteroatoms. The van der Waals surface area contributed by atoms with Crippen LogP contribution in [-0.2, 0) is 0 Å². The number of carboxylic acids is 1. The first-order valence-corrected chi connectivity index (χ1v) is 9.25. The van der Waals surface area contributed by atoms with Crippen LogP contribution >= 0.6 is 0 Å². The average molecular weight is 420 g/mol. The van der Waals surface area contributed by atoms with E-state index in [0.29, 0.717) is 27.7 Å². The van der Waals surface area contributed by atoms with Crippen LogP contribution in [0.2, 0.25) is 0 Å². The third kappa shape index (κ3) is 3.60. The van der Waals surface area contributed by atoms with Gasteiger partial charge in [0.2, 0.25) is 0 Å². The molecule has 0 radical (unpaired) electrons. The van der Waals surface area contributed by atoms with E-state index in [-0.39, 0.29) is 22.6 Å². The second-order valence-corrected chi connectivity index (χ2v) is 6.78. The van der Waals surface area contributed by atoms with Gasteiger partial charge in [0.25, 0.3) is 5.91 Å². The summed E-state index contributed by atoms with van der Waals surface area (Å²) < 4.78 is 19.3. The molecule has 31 heavy (non-hydrogen) atoms. The molecular formula is C23H17FN2O5. The Kier molecular flexibility index (Phi) is 5.14. The Labute approximate surface area is 175 Å². The lowest BCUT2D eigenvalue weighted by Gasteiger charge is -2.10. The van der Waals surface area contributed by atoms with Crippen LogP contribution in [0.4, 0.5) is 10.1 Å². The van der Waals surface area contributed by atoms with Crippen molar-refractivity contribution in [1.82, 2.24) is 5.32 Å². The van der Waals surface area contributed by atoms with Gasteiger partial charge >= 0.3 is 5.97 Å². The number of hydrogen-bond acceptors (Lipinski definition) is 5. The maximum Gasteiger partial charge on any atom is 0.335 e. The largest absolute Gasteiger partial charge is 0.478 e. The van der Waals surface area contributed by atoms with Crippen LogP contribution in [0.15, 0.2) is 65.1 Å². The number of nitrogens with one attached hydrogen (secondary N) is 2. The van der Waals surface area contributed by atoms with Gasteiger partial charge in [0, 0.05) is 29.6 Å². The van der Waals surface area contributed by atoms with Gasteiger partial charge in [-0.15, -0.1) is 0 Å². The molecule has 0 fully saturated rings. The van der Waals surface area contributed by atoms with Crippen molar-refractivity contribution in [2.24, 2.45) is 0 Å². The molecule has 4 aromatic rings. The molecule has 1 heterocycles. The van der Waals surface area contributed by atoms with Crippen LogP contribution in [0, 0.1) is 5.82 Å². The molecular weight excluding hydrogens is 403 g/mol. The highest BCUT2D eigenvalue weighted by Gasteiger charge is 2.23. The highest BCUT2D eigenvalue weighted by atomic mass is 19.1. The molecule has 1 amide bonds. The van der Waals surface area contributed by atoms with Crippen molar-refractivity contribution in [3.8, 4) is 22.5 Å². The Morgan fingerprint density at radius 1 is 1.00 bits per heavy atom. The lowest BCUT2D eigenvalue weighted by atomic mass is 9.97. The van der Waals surface area contributed by atoms with Crippen LogP contribution in [0.5, 0.6) is 0 Å². The fraction of sp³-hybridized carbons (Fsp3) is 0.0435. The van der Waals surface area contributed by atoms with Gasteiger partial charge in [-0.05, 0) is 48.0 Å². The Bertz CT molecular complexity index is 1310. The molecule has 156 valence electrons. The van der Waals surface area contributed by atoms with Crippen LogP contribution in [0.3, 0.4) is 0 Å². The van der Waals surface area contributed by atoms with Gasteiger partial charge in [-0.2, -0.15) is 0 Å². The second-order valence-electron chi connectivity index (χ2n) is 6.78. The highest BCUT2D eigenvalue weighted by Crippen LogP contribution is 2.39. The van der Waals surface area contributed by atoms with Crippen LogP contribution in [0.1, 0.15) is 20.7 Å². The zero-order chi connectivity index (χ0) is 22.1. The summed E-state index contributed by atoms with van der Waals surface area (Å²) in [6, 6.07) is 14.9. The molecule has 0 saturated heterocycles. The lowest BCUT2D eigenvalue weighted by Crippen LogP contribution is -2.18. The number of carbonyl (C=O) groups excluding carboxylic acids is 1. The molecule has 0 atom stereocenters. The average Bonchev–Trinajstić information content (AvgIpc) is 3.16. The van der Waals surface area contributed by atoms with Crippen LogP contribution in [0.25, 0.3) is 33.4 Å². The molecule has 0 unspecified atom stereocenters. The Morgan fingerprint density at radius 3 is 2.39 bits per heavy atom. The predicted molar refractivity (Wildman–Crippen MR) is 113 cm³/mol. The van der Waals surface area contributed by atoms with Gasteiger partial charge in [0.15, 0.2) is 0 Å². The maximum atomic E-state index is 13.4. The summed E-state index contributed by atoms with van der Waals surface area (Å²) in [5.41, 5.74) is 4.48. The second kappa shape index (κ2) is 7.92. The zero-order valence-corrected chi connectivity index (χ0v) is 16.3. The minimum atomic E-state index is -1.09. The van der Waals surface area contributed by atoms with Crippen molar-refractivity contribution in [2.75, 3.05) is 12.5 Å². The number of halogens is 1. The number of carbonyl (C=O) groups is 2. The van der Waals surface area contributed by atoms with E-state index in [1.165, 1.54) is 49.5 Å². The van der Waals surface area contributed by atoms with Crippen molar-refractivity contribution in [2.45, 2.75) is 0 Å². The van der Waals surface area contributed by atoms with Gasteiger partial charge in [-0.3, -0.25) is 15.5 Å². The summed E-state index contributed by atoms with van der Waals surface area (Å²) in [7, 11) is 1.48. The molecule has 7 nitrogen and oxygen atoms in total. The molecule has 3 aromatic carbocycles. The fourth-order valence-corrected chi connectivity index (χ4v) is 3.45. The topological polar surface area (TPSA) is 112 Å². The third-order valence-corrected chi connectivity index (χ3v) is 4.93. The molecule has 0 bridgehead atoms. The maximum absolute atomic E-state index is 13.4. The van der Waals surface area contributed by atoms with Crippen LogP contribution in [-0.4, -0.2) is 29.2 Å². The Hall–Kier alpha value is -4.17. The molecule has 0 aliphatic carbocycles. The standard InChI is InChI=1S/C23H17FN2O5/c1-25-22(27)20-17-10-16(13-3-2-4-14(9-13)23(28)29)18(26-30)11-19(17)31-21(20)12-5-7-15(24)8-6-12/h2-11,26,30H,1H3,(H,25,27)(H,28,29). The van der Waals surface area contributed by atoms with E-state index in [1.807, 2.05) is 0 Å². The number of aromatic carboxylic acids is 1. The molecule has 0 aliphatic rings. The van der Waals surface area contributed by atoms with Crippen LogP contribution < -0.4 is 10.8 Å². The summed E-state index contributed by atoms with van der Waals surface area (Å²) in [5.74, 6) is -1.68. The van der Waals surface area contributed by atoms with Crippen molar-refractivity contribution in [3.63, 3.8) is 0 Å². The predicted octanol–water partition coefficient (Wildman–Crippen LogP) is 4.76. The van der Waals surface area contributed by atoms with Gasteiger partial charge < -0.3 is 14.8 Å². The minimum absolute atomic E-state index is 0.0761. The lowest BCUT2D eigenvalue weighted by molar-refractivity contribution is 0.0696. The van der Waals surface area contributed by atoms with Crippen molar-refractivity contribution >= 4 is 28.5 Å². The molecule has 0 saturated carbocycles. The van der Waals surface area contributed by atoms with E-state index in [1.54, 1.807) is 18.2 Å². The summed E-state index contributed by atoms with van der Waals surface area (Å²) >= 11 is 0. The smallest absolute Gasteiger partial charge is 0.335 e. The van der Waals surface area contributed by atoms with Crippen molar-refractivity contribution in [3.05, 3.63) is 77.6 Å². The van der Waals surface area contributed by atoms with E-state index in [0.717, 1.165) is 0 Å². The van der Waals surface area contributed by atoms with E-state index in [2.05, 4.69) is 10.8 Å². The fourth-order valence-electron chi connectivity index (χ4n) is 3.45. The summed E-state index contributed by atoms with van der Waals surface area (Å²) in [6.45, 7) is 0. The Morgan fingerprint density at radius 2 is 1.74 bits per heavy atom. The van der Waals surface area contributed by atoms with Gasteiger partial charge in [-0.25, -0.2) is 9.18 Å².